The molecule has 1 fully saturated rings. The third kappa shape index (κ3) is 4.86. The molecule has 0 spiro atoms. The molecule has 0 bridgehead atoms. The first-order valence-electron chi connectivity index (χ1n) is 8.81. The maximum atomic E-state index is 13.3. The quantitative estimate of drug-likeness (QED) is 0.784. The highest BCUT2D eigenvalue weighted by molar-refractivity contribution is 5.85. The molecule has 6 nitrogen and oxygen atoms in total. The zero-order chi connectivity index (χ0) is 18.6. The van der Waals surface area contributed by atoms with Crippen molar-refractivity contribution in [3.8, 4) is 0 Å². The van der Waals surface area contributed by atoms with Crippen molar-refractivity contribution in [3.05, 3.63) is 53.6 Å². The van der Waals surface area contributed by atoms with E-state index in [1.165, 1.54) is 12.1 Å². The summed E-state index contributed by atoms with van der Waals surface area (Å²) < 4.78 is 20.5. The van der Waals surface area contributed by atoms with E-state index in [0.29, 0.717) is 19.8 Å². The van der Waals surface area contributed by atoms with Gasteiger partial charge in [-0.3, -0.25) is 9.48 Å². The molecule has 27 heavy (non-hydrogen) atoms. The Morgan fingerprint density at radius 2 is 2.00 bits per heavy atom. The molecule has 148 valence electrons. The predicted molar refractivity (Wildman–Crippen MR) is 103 cm³/mol. The van der Waals surface area contributed by atoms with Crippen molar-refractivity contribution < 1.29 is 13.9 Å². The van der Waals surface area contributed by atoms with E-state index < -0.39 is 6.04 Å². The van der Waals surface area contributed by atoms with Crippen LogP contribution in [0, 0.1) is 5.82 Å². The van der Waals surface area contributed by atoms with Gasteiger partial charge in [0.05, 0.1) is 6.20 Å². The molecule has 1 aliphatic heterocycles. The standard InChI is InChI=1S/C19H25FN4O2.ClH/c1-21-17(14-11-23-24(2)12-14)18(25)22-13-19(7-9-26-10-8-19)15-3-5-16(20)6-4-15;/h3-6,11-12,17,21H,7-10,13H2,1-2H3,(H,22,25);1H. The lowest BCUT2D eigenvalue weighted by Crippen LogP contribution is -2.47. The van der Waals surface area contributed by atoms with Crippen LogP contribution in [0.25, 0.3) is 0 Å². The highest BCUT2D eigenvalue weighted by Crippen LogP contribution is 2.34. The van der Waals surface area contributed by atoms with Crippen molar-refractivity contribution in [2.24, 2.45) is 7.05 Å². The van der Waals surface area contributed by atoms with Gasteiger partial charge in [-0.05, 0) is 37.6 Å². The number of ether oxygens (including phenoxy) is 1. The zero-order valence-corrected chi connectivity index (χ0v) is 16.4. The fourth-order valence-corrected chi connectivity index (χ4v) is 3.53. The molecule has 1 atom stereocenters. The van der Waals surface area contributed by atoms with Crippen LogP contribution in [0.4, 0.5) is 4.39 Å². The number of carbonyl (C=O) groups excluding carboxylic acids is 1. The first kappa shape index (κ1) is 21.3. The fraction of sp³-hybridized carbons (Fsp3) is 0.474. The van der Waals surface area contributed by atoms with Gasteiger partial charge in [0.1, 0.15) is 11.9 Å². The molecule has 0 radical (unpaired) electrons. The van der Waals surface area contributed by atoms with Crippen LogP contribution >= 0.6 is 12.4 Å². The monoisotopic (exact) mass is 396 g/mol. The Morgan fingerprint density at radius 3 is 2.56 bits per heavy atom. The summed E-state index contributed by atoms with van der Waals surface area (Å²) >= 11 is 0. The van der Waals surface area contributed by atoms with E-state index in [1.807, 2.05) is 25.4 Å². The summed E-state index contributed by atoms with van der Waals surface area (Å²) in [6.07, 6.45) is 5.09. The van der Waals surface area contributed by atoms with Gasteiger partial charge < -0.3 is 15.4 Å². The molecule has 2 aromatic rings. The summed E-state index contributed by atoms with van der Waals surface area (Å²) in [5.74, 6) is -0.361. The summed E-state index contributed by atoms with van der Waals surface area (Å²) in [5.41, 5.74) is 1.61. The van der Waals surface area contributed by atoms with Gasteiger partial charge in [0.15, 0.2) is 0 Å². The number of amides is 1. The second kappa shape index (κ2) is 9.30. The van der Waals surface area contributed by atoms with Crippen LogP contribution in [0.3, 0.4) is 0 Å². The first-order chi connectivity index (χ1) is 12.5. The summed E-state index contributed by atoms with van der Waals surface area (Å²) in [5, 5.41) is 10.2. The van der Waals surface area contributed by atoms with Crippen molar-refractivity contribution in [1.82, 2.24) is 20.4 Å². The lowest BCUT2D eigenvalue weighted by Gasteiger charge is -2.38. The average Bonchev–Trinajstić information content (AvgIpc) is 3.08. The van der Waals surface area contributed by atoms with Crippen LogP contribution in [0.2, 0.25) is 0 Å². The van der Waals surface area contributed by atoms with E-state index >= 15 is 0 Å². The Hall–Kier alpha value is -1.96. The van der Waals surface area contributed by atoms with Crippen LogP contribution in [-0.2, 0) is 22.0 Å². The number of rotatable bonds is 6. The molecule has 2 N–H and O–H groups in total. The largest absolute Gasteiger partial charge is 0.381 e. The number of halogens is 2. The maximum Gasteiger partial charge on any atom is 0.241 e. The van der Waals surface area contributed by atoms with Crippen molar-refractivity contribution in [2.75, 3.05) is 26.8 Å². The number of hydrogen-bond donors (Lipinski definition) is 2. The van der Waals surface area contributed by atoms with E-state index in [9.17, 15) is 9.18 Å². The van der Waals surface area contributed by atoms with Crippen molar-refractivity contribution in [3.63, 3.8) is 0 Å². The van der Waals surface area contributed by atoms with E-state index in [4.69, 9.17) is 4.74 Å². The molecule has 0 aliphatic carbocycles. The molecular formula is C19H26ClFN4O2. The first-order valence-corrected chi connectivity index (χ1v) is 8.81. The van der Waals surface area contributed by atoms with Crippen molar-refractivity contribution in [1.29, 1.82) is 0 Å². The van der Waals surface area contributed by atoms with E-state index in [1.54, 1.807) is 17.9 Å². The Kier molecular flexibility index (Phi) is 7.35. The number of carbonyl (C=O) groups is 1. The average molecular weight is 397 g/mol. The van der Waals surface area contributed by atoms with E-state index in [-0.39, 0.29) is 29.5 Å². The number of nitrogens with one attached hydrogen (secondary N) is 2. The predicted octanol–water partition coefficient (Wildman–Crippen LogP) is 2.11. The number of hydrogen-bond acceptors (Lipinski definition) is 4. The van der Waals surface area contributed by atoms with E-state index in [0.717, 1.165) is 24.0 Å². The summed E-state index contributed by atoms with van der Waals surface area (Å²) in [7, 11) is 3.57. The van der Waals surface area contributed by atoms with Crippen LogP contribution < -0.4 is 10.6 Å². The van der Waals surface area contributed by atoms with Gasteiger partial charge in [-0.2, -0.15) is 5.10 Å². The topological polar surface area (TPSA) is 68.2 Å². The second-order valence-electron chi connectivity index (χ2n) is 6.79. The van der Waals surface area contributed by atoms with Crippen molar-refractivity contribution in [2.45, 2.75) is 24.3 Å². The normalized spacial score (nSPS) is 17.0. The molecule has 3 rings (SSSR count). The van der Waals surface area contributed by atoms with Gasteiger partial charge in [-0.15, -0.1) is 12.4 Å². The summed E-state index contributed by atoms with van der Waals surface area (Å²) in [6.45, 7) is 1.75. The zero-order valence-electron chi connectivity index (χ0n) is 15.6. The van der Waals surface area contributed by atoms with Gasteiger partial charge in [0.2, 0.25) is 5.91 Å². The smallest absolute Gasteiger partial charge is 0.241 e. The number of likely N-dealkylation sites (N-methyl/N-ethyl adjacent to an activating group) is 1. The second-order valence-corrected chi connectivity index (χ2v) is 6.79. The van der Waals surface area contributed by atoms with Gasteiger partial charge in [0, 0.05) is 44.0 Å². The Labute approximate surface area is 164 Å². The molecule has 1 aromatic heterocycles. The summed E-state index contributed by atoms with van der Waals surface area (Å²) in [4.78, 5) is 12.8. The lowest BCUT2D eigenvalue weighted by molar-refractivity contribution is -0.123. The molecular weight excluding hydrogens is 371 g/mol. The number of nitrogens with zero attached hydrogens (tertiary/aromatic N) is 2. The molecule has 2 heterocycles. The minimum Gasteiger partial charge on any atom is -0.381 e. The SMILES string of the molecule is CNC(C(=O)NCC1(c2ccc(F)cc2)CCOCC1)c1cnn(C)c1.Cl. The molecule has 1 unspecified atom stereocenters. The molecule has 8 heteroatoms. The third-order valence-corrected chi connectivity index (χ3v) is 5.12. The van der Waals surface area contributed by atoms with Gasteiger partial charge in [0.25, 0.3) is 0 Å². The van der Waals surface area contributed by atoms with Crippen LogP contribution in [0.5, 0.6) is 0 Å². The Bertz CT molecular complexity index is 744. The Balaban J connectivity index is 0.00000261. The minimum atomic E-state index is -0.464. The van der Waals surface area contributed by atoms with Gasteiger partial charge in [-0.1, -0.05) is 12.1 Å². The highest BCUT2D eigenvalue weighted by Gasteiger charge is 2.35. The minimum absolute atomic E-state index is 0. The van der Waals surface area contributed by atoms with Crippen LogP contribution in [0.1, 0.15) is 30.0 Å². The highest BCUT2D eigenvalue weighted by atomic mass is 35.5. The van der Waals surface area contributed by atoms with Crippen molar-refractivity contribution >= 4 is 18.3 Å². The van der Waals surface area contributed by atoms with Crippen LogP contribution in [-0.4, -0.2) is 42.5 Å². The number of aromatic nitrogens is 2. The molecule has 1 aromatic carbocycles. The number of aryl methyl sites for hydroxylation is 1. The van der Waals surface area contributed by atoms with E-state index in [2.05, 4.69) is 15.7 Å². The van der Waals surface area contributed by atoms with Gasteiger partial charge >= 0.3 is 0 Å². The molecule has 1 saturated heterocycles. The maximum absolute atomic E-state index is 13.3. The summed E-state index contributed by atoms with van der Waals surface area (Å²) in [6, 6.07) is 6.10. The Morgan fingerprint density at radius 1 is 1.33 bits per heavy atom. The number of benzene rings is 1. The molecule has 1 aliphatic rings. The lowest BCUT2D eigenvalue weighted by atomic mass is 9.74. The third-order valence-electron chi connectivity index (χ3n) is 5.12. The molecule has 1 amide bonds. The van der Waals surface area contributed by atoms with Gasteiger partial charge in [-0.25, -0.2) is 4.39 Å². The van der Waals surface area contributed by atoms with Crippen LogP contribution in [0.15, 0.2) is 36.7 Å². The fourth-order valence-electron chi connectivity index (χ4n) is 3.53. The molecule has 0 saturated carbocycles.